The van der Waals surface area contributed by atoms with Crippen LogP contribution < -0.4 is 11.1 Å². The lowest BCUT2D eigenvalue weighted by Crippen LogP contribution is -2.27. The van der Waals surface area contributed by atoms with E-state index < -0.39 is 0 Å². The molecule has 7 heavy (non-hydrogen) atoms. The maximum Gasteiger partial charge on any atom is 0.198 e. The van der Waals surface area contributed by atoms with Crippen LogP contribution in [0.2, 0.25) is 0 Å². The lowest BCUT2D eigenvalue weighted by atomic mass is 10.7. The van der Waals surface area contributed by atoms with Crippen LogP contribution in [-0.4, -0.2) is 5.96 Å². The quantitative estimate of drug-likeness (QED) is 0.400. The fourth-order valence-corrected chi connectivity index (χ4v) is 0.297. The molecule has 0 aromatic rings. The molecule has 0 saturated heterocycles. The third-order valence-corrected chi connectivity index (χ3v) is 0.582. The van der Waals surface area contributed by atoms with Crippen molar-refractivity contribution in [1.29, 1.82) is 0 Å². The van der Waals surface area contributed by atoms with Gasteiger partial charge in [0.25, 0.3) is 0 Å². The second-order valence-electron chi connectivity index (χ2n) is 1.10. The molecule has 1 aliphatic rings. The van der Waals surface area contributed by atoms with Gasteiger partial charge in [0.1, 0.15) is 0 Å². The zero-order valence-electron chi connectivity index (χ0n) is 3.68. The molecule has 3 N–H and O–H groups in total. The standard InChI is InChI=1S/C4H5N3/c5-4-6-2-1-3-7-4/h2-3H,(H3,5,6,7). The second-order valence-corrected chi connectivity index (χ2v) is 1.10. The first-order valence-corrected chi connectivity index (χ1v) is 1.89. The van der Waals surface area contributed by atoms with Crippen LogP contribution in [0.15, 0.2) is 23.1 Å². The fourth-order valence-electron chi connectivity index (χ4n) is 0.297. The number of aliphatic imine (C=N–C) groups is 1. The zero-order chi connectivity index (χ0) is 5.11. The van der Waals surface area contributed by atoms with E-state index in [1.54, 1.807) is 6.20 Å². The van der Waals surface area contributed by atoms with Gasteiger partial charge in [-0.2, -0.15) is 0 Å². The first-order valence-electron chi connectivity index (χ1n) is 1.89. The summed E-state index contributed by atoms with van der Waals surface area (Å²) >= 11 is 0. The average Bonchev–Trinajstić information content (AvgIpc) is 1.69. The Labute approximate surface area is 41.2 Å². The second kappa shape index (κ2) is 1.49. The van der Waals surface area contributed by atoms with Crippen LogP contribution in [0.3, 0.4) is 0 Å². The van der Waals surface area contributed by atoms with Crippen molar-refractivity contribution in [3.05, 3.63) is 18.1 Å². The molecule has 0 atom stereocenters. The first kappa shape index (κ1) is 3.96. The molecule has 1 heterocycles. The molecule has 0 aliphatic carbocycles. The number of nitrogens with zero attached hydrogens (tertiary/aromatic N) is 1. The van der Waals surface area contributed by atoms with Gasteiger partial charge in [0.05, 0.1) is 6.20 Å². The van der Waals surface area contributed by atoms with Crippen LogP contribution in [0.5, 0.6) is 0 Å². The summed E-state index contributed by atoms with van der Waals surface area (Å²) in [5.74, 6) is 0.416. The Hall–Kier alpha value is -1.21. The molecular weight excluding hydrogens is 90.1 g/mol. The van der Waals surface area contributed by atoms with Crippen LogP contribution in [0.4, 0.5) is 0 Å². The Balaban J connectivity index is 2.77. The first-order chi connectivity index (χ1) is 3.39. The Morgan fingerprint density at radius 1 is 1.86 bits per heavy atom. The molecule has 0 saturated carbocycles. The predicted octanol–water partition coefficient (Wildman–Crippen LogP) is -0.469. The van der Waals surface area contributed by atoms with Gasteiger partial charge in [0.15, 0.2) is 5.96 Å². The van der Waals surface area contributed by atoms with Crippen LogP contribution in [0, 0.1) is 0 Å². The van der Waals surface area contributed by atoms with Gasteiger partial charge in [-0.25, -0.2) is 4.99 Å². The van der Waals surface area contributed by atoms with Crippen LogP contribution >= 0.6 is 0 Å². The molecule has 3 heteroatoms. The highest BCUT2D eigenvalue weighted by molar-refractivity contribution is 5.79. The van der Waals surface area contributed by atoms with Gasteiger partial charge < -0.3 is 11.1 Å². The molecule has 36 valence electrons. The molecule has 0 spiro atoms. The van der Waals surface area contributed by atoms with E-state index in [0.29, 0.717) is 5.96 Å². The van der Waals surface area contributed by atoms with Crippen molar-refractivity contribution in [1.82, 2.24) is 5.32 Å². The average molecular weight is 95.1 g/mol. The zero-order valence-corrected chi connectivity index (χ0v) is 3.68. The van der Waals surface area contributed by atoms with E-state index in [0.717, 1.165) is 0 Å². The normalized spacial score (nSPS) is 15.7. The largest absolute Gasteiger partial charge is 0.369 e. The molecule has 0 radical (unpaired) electrons. The summed E-state index contributed by atoms with van der Waals surface area (Å²) < 4.78 is 0. The number of nitrogens with one attached hydrogen (secondary N) is 1. The number of hydrogen-bond acceptors (Lipinski definition) is 3. The summed E-state index contributed by atoms with van der Waals surface area (Å²) in [5.41, 5.74) is 7.86. The van der Waals surface area contributed by atoms with Gasteiger partial charge in [-0.15, -0.1) is 0 Å². The summed E-state index contributed by atoms with van der Waals surface area (Å²) in [6, 6.07) is 0. The summed E-state index contributed by atoms with van der Waals surface area (Å²) in [6.45, 7) is 0. The Morgan fingerprint density at radius 2 is 2.71 bits per heavy atom. The minimum atomic E-state index is 0.416. The molecule has 0 fully saturated rings. The van der Waals surface area contributed by atoms with E-state index in [4.69, 9.17) is 5.73 Å². The molecule has 1 rings (SSSR count). The number of hydrogen-bond donors (Lipinski definition) is 2. The number of rotatable bonds is 0. The summed E-state index contributed by atoms with van der Waals surface area (Å²) in [5, 5.41) is 2.64. The van der Waals surface area contributed by atoms with E-state index >= 15 is 0 Å². The monoisotopic (exact) mass is 95.0 g/mol. The summed E-state index contributed by atoms with van der Waals surface area (Å²) in [7, 11) is 0. The number of nitrogens with two attached hydrogens (primary N) is 1. The minimum Gasteiger partial charge on any atom is -0.369 e. The lowest BCUT2D eigenvalue weighted by Gasteiger charge is -1.95. The van der Waals surface area contributed by atoms with E-state index in [1.807, 2.05) is 0 Å². The van der Waals surface area contributed by atoms with E-state index in [9.17, 15) is 0 Å². The SMILES string of the molecule is NC1=NC=C=CN1. The van der Waals surface area contributed by atoms with Crippen molar-refractivity contribution >= 4 is 5.96 Å². The van der Waals surface area contributed by atoms with Gasteiger partial charge in [0.2, 0.25) is 0 Å². The van der Waals surface area contributed by atoms with Crippen molar-refractivity contribution in [2.45, 2.75) is 0 Å². The lowest BCUT2D eigenvalue weighted by molar-refractivity contribution is 1.20. The molecule has 0 amide bonds. The highest BCUT2D eigenvalue weighted by atomic mass is 15.1. The van der Waals surface area contributed by atoms with Gasteiger partial charge in [-0.05, 0) is 0 Å². The van der Waals surface area contributed by atoms with E-state index in [-0.39, 0.29) is 0 Å². The summed E-state index contributed by atoms with van der Waals surface area (Å²) in [4.78, 5) is 3.65. The van der Waals surface area contributed by atoms with Crippen molar-refractivity contribution < 1.29 is 0 Å². The molecule has 0 bridgehead atoms. The van der Waals surface area contributed by atoms with Crippen molar-refractivity contribution in [3.63, 3.8) is 0 Å². The van der Waals surface area contributed by atoms with Crippen LogP contribution in [0.25, 0.3) is 0 Å². The predicted molar refractivity (Wildman–Crippen MR) is 27.4 cm³/mol. The van der Waals surface area contributed by atoms with E-state index in [2.05, 4.69) is 16.0 Å². The third kappa shape index (κ3) is 0.809. The summed E-state index contributed by atoms with van der Waals surface area (Å²) in [6.07, 6.45) is 3.11. The highest BCUT2D eigenvalue weighted by Crippen LogP contribution is 1.74. The fraction of sp³-hybridized carbons (Fsp3) is 0. The highest BCUT2D eigenvalue weighted by Gasteiger charge is 1.82. The van der Waals surface area contributed by atoms with Gasteiger partial charge in [-0.1, -0.05) is 5.73 Å². The number of guanidine groups is 1. The topological polar surface area (TPSA) is 50.4 Å². The molecule has 1 aliphatic heterocycles. The molecule has 3 nitrogen and oxygen atoms in total. The van der Waals surface area contributed by atoms with Crippen molar-refractivity contribution in [2.24, 2.45) is 10.7 Å². The Bertz CT molecular complexity index is 150. The maximum atomic E-state index is 5.17. The maximum absolute atomic E-state index is 5.17. The molecule has 0 aromatic carbocycles. The van der Waals surface area contributed by atoms with Gasteiger partial charge in [0, 0.05) is 6.20 Å². The Morgan fingerprint density at radius 3 is 3.00 bits per heavy atom. The van der Waals surface area contributed by atoms with E-state index in [1.165, 1.54) is 6.20 Å². The van der Waals surface area contributed by atoms with Gasteiger partial charge in [-0.3, -0.25) is 0 Å². The molecular formula is C4H5N3. The van der Waals surface area contributed by atoms with Crippen LogP contribution in [-0.2, 0) is 0 Å². The molecule has 0 unspecified atom stereocenters. The van der Waals surface area contributed by atoms with Crippen molar-refractivity contribution in [3.8, 4) is 0 Å². The molecule has 0 aromatic heterocycles. The Kier molecular flexibility index (Phi) is 0.845. The van der Waals surface area contributed by atoms with Gasteiger partial charge >= 0.3 is 0 Å². The third-order valence-electron chi connectivity index (χ3n) is 0.582. The minimum absolute atomic E-state index is 0.416. The van der Waals surface area contributed by atoms with Crippen LogP contribution in [0.1, 0.15) is 0 Å². The smallest absolute Gasteiger partial charge is 0.198 e. The van der Waals surface area contributed by atoms with Crippen molar-refractivity contribution in [2.75, 3.05) is 0 Å².